The Bertz CT molecular complexity index is 373. The summed E-state index contributed by atoms with van der Waals surface area (Å²) in [4.78, 5) is 12.0. The molecule has 1 heterocycles. The molecular weight excluding hydrogens is 212 g/mol. The van der Waals surface area contributed by atoms with E-state index < -0.39 is 0 Å². The standard InChI is InChI=1S/C14H20N2O/c1-10(13-8-15-9-13)14(17)16-11(2)12-6-4-3-5-7-12/h3-7,10-11,13,15H,8-9H2,1-2H3,(H,16,17)/t10?,11-/m0/s1. The van der Waals surface area contributed by atoms with Crippen LogP contribution in [0.2, 0.25) is 0 Å². The molecule has 3 nitrogen and oxygen atoms in total. The molecule has 0 saturated carbocycles. The minimum absolute atomic E-state index is 0.0826. The molecule has 1 saturated heterocycles. The van der Waals surface area contributed by atoms with Gasteiger partial charge in [0, 0.05) is 5.92 Å². The molecule has 17 heavy (non-hydrogen) atoms. The molecule has 0 radical (unpaired) electrons. The van der Waals surface area contributed by atoms with Crippen LogP contribution >= 0.6 is 0 Å². The van der Waals surface area contributed by atoms with Crippen molar-refractivity contribution in [3.63, 3.8) is 0 Å². The third kappa shape index (κ3) is 2.86. The molecule has 0 bridgehead atoms. The third-order valence-corrected chi connectivity index (χ3v) is 3.59. The quantitative estimate of drug-likeness (QED) is 0.830. The molecule has 92 valence electrons. The summed E-state index contributed by atoms with van der Waals surface area (Å²) in [6.45, 7) is 5.97. The molecule has 2 atom stereocenters. The Hall–Kier alpha value is -1.35. The first-order valence-electron chi connectivity index (χ1n) is 6.24. The minimum atomic E-state index is 0.0826. The lowest BCUT2D eigenvalue weighted by atomic mass is 9.88. The van der Waals surface area contributed by atoms with Gasteiger partial charge < -0.3 is 10.6 Å². The Kier molecular flexibility index (Phi) is 3.79. The smallest absolute Gasteiger partial charge is 0.223 e. The molecule has 1 aliphatic rings. The first-order chi connectivity index (χ1) is 8.18. The van der Waals surface area contributed by atoms with E-state index in [0.29, 0.717) is 5.92 Å². The van der Waals surface area contributed by atoms with Gasteiger partial charge >= 0.3 is 0 Å². The second-order valence-electron chi connectivity index (χ2n) is 4.85. The van der Waals surface area contributed by atoms with Crippen molar-refractivity contribution in [2.75, 3.05) is 13.1 Å². The van der Waals surface area contributed by atoms with Crippen LogP contribution in [0, 0.1) is 11.8 Å². The van der Waals surface area contributed by atoms with Crippen LogP contribution < -0.4 is 10.6 Å². The van der Waals surface area contributed by atoms with Gasteiger partial charge in [-0.1, -0.05) is 37.3 Å². The van der Waals surface area contributed by atoms with Gasteiger partial charge in [-0.15, -0.1) is 0 Å². The largest absolute Gasteiger partial charge is 0.349 e. The molecule has 3 heteroatoms. The van der Waals surface area contributed by atoms with Crippen molar-refractivity contribution in [1.82, 2.24) is 10.6 Å². The predicted octanol–water partition coefficient (Wildman–Crippen LogP) is 1.72. The van der Waals surface area contributed by atoms with E-state index >= 15 is 0 Å². The normalized spacial score (nSPS) is 19.2. The fourth-order valence-electron chi connectivity index (χ4n) is 2.05. The molecule has 0 aromatic heterocycles. The van der Waals surface area contributed by atoms with E-state index in [9.17, 15) is 4.79 Å². The molecule has 0 aliphatic carbocycles. The minimum Gasteiger partial charge on any atom is -0.349 e. The maximum Gasteiger partial charge on any atom is 0.223 e. The Morgan fingerprint density at radius 3 is 2.47 bits per heavy atom. The molecule has 2 rings (SSSR count). The molecule has 2 N–H and O–H groups in total. The van der Waals surface area contributed by atoms with Gasteiger partial charge in [0.2, 0.25) is 5.91 Å². The number of rotatable bonds is 4. The van der Waals surface area contributed by atoms with Gasteiger partial charge in [0.1, 0.15) is 0 Å². The number of carbonyl (C=O) groups is 1. The highest BCUT2D eigenvalue weighted by atomic mass is 16.1. The number of hydrogen-bond acceptors (Lipinski definition) is 2. The zero-order valence-corrected chi connectivity index (χ0v) is 10.4. The van der Waals surface area contributed by atoms with Crippen LogP contribution in [0.15, 0.2) is 30.3 Å². The first kappa shape index (κ1) is 12.1. The summed E-state index contributed by atoms with van der Waals surface area (Å²) in [5, 5.41) is 6.28. The topological polar surface area (TPSA) is 41.1 Å². The second-order valence-corrected chi connectivity index (χ2v) is 4.85. The molecule has 1 aliphatic heterocycles. The van der Waals surface area contributed by atoms with E-state index in [0.717, 1.165) is 18.7 Å². The monoisotopic (exact) mass is 232 g/mol. The van der Waals surface area contributed by atoms with Crippen LogP contribution in [-0.2, 0) is 4.79 Å². The summed E-state index contributed by atoms with van der Waals surface area (Å²) in [7, 11) is 0. The van der Waals surface area contributed by atoms with Gasteiger partial charge in [-0.2, -0.15) is 0 Å². The Morgan fingerprint density at radius 2 is 1.94 bits per heavy atom. The van der Waals surface area contributed by atoms with Crippen LogP contribution in [-0.4, -0.2) is 19.0 Å². The van der Waals surface area contributed by atoms with Crippen molar-refractivity contribution in [3.8, 4) is 0 Å². The van der Waals surface area contributed by atoms with E-state index in [1.54, 1.807) is 0 Å². The van der Waals surface area contributed by atoms with Gasteiger partial charge in [-0.05, 0) is 31.5 Å². The Balaban J connectivity index is 1.89. The van der Waals surface area contributed by atoms with Crippen LogP contribution in [0.5, 0.6) is 0 Å². The number of hydrogen-bond donors (Lipinski definition) is 2. The lowest BCUT2D eigenvalue weighted by molar-refractivity contribution is -0.127. The van der Waals surface area contributed by atoms with Crippen LogP contribution in [0.1, 0.15) is 25.5 Å². The highest BCUT2D eigenvalue weighted by Gasteiger charge is 2.29. The first-order valence-corrected chi connectivity index (χ1v) is 6.24. The van der Waals surface area contributed by atoms with Gasteiger partial charge in [0.15, 0.2) is 0 Å². The van der Waals surface area contributed by atoms with Crippen LogP contribution in [0.3, 0.4) is 0 Å². The number of benzene rings is 1. The number of nitrogens with one attached hydrogen (secondary N) is 2. The average molecular weight is 232 g/mol. The fourth-order valence-corrected chi connectivity index (χ4v) is 2.05. The summed E-state index contributed by atoms with van der Waals surface area (Å²) in [5.41, 5.74) is 1.15. The van der Waals surface area contributed by atoms with Crippen LogP contribution in [0.4, 0.5) is 0 Å². The zero-order chi connectivity index (χ0) is 12.3. The van der Waals surface area contributed by atoms with Gasteiger partial charge in [-0.3, -0.25) is 4.79 Å². The summed E-state index contributed by atoms with van der Waals surface area (Å²) in [6.07, 6.45) is 0. The molecule has 1 aromatic carbocycles. The van der Waals surface area contributed by atoms with Crippen molar-refractivity contribution in [2.24, 2.45) is 11.8 Å². The molecule has 1 amide bonds. The summed E-state index contributed by atoms with van der Waals surface area (Å²) >= 11 is 0. The molecule has 1 aromatic rings. The summed E-state index contributed by atoms with van der Waals surface area (Å²) < 4.78 is 0. The van der Waals surface area contributed by atoms with E-state index in [4.69, 9.17) is 0 Å². The zero-order valence-electron chi connectivity index (χ0n) is 10.4. The van der Waals surface area contributed by atoms with Crippen molar-refractivity contribution in [2.45, 2.75) is 19.9 Å². The lowest BCUT2D eigenvalue weighted by Gasteiger charge is -2.32. The average Bonchev–Trinajstić information content (AvgIpc) is 2.27. The van der Waals surface area contributed by atoms with Crippen molar-refractivity contribution in [3.05, 3.63) is 35.9 Å². The van der Waals surface area contributed by atoms with Crippen LogP contribution in [0.25, 0.3) is 0 Å². The summed E-state index contributed by atoms with van der Waals surface area (Å²) in [6, 6.07) is 10.1. The molecule has 1 unspecified atom stereocenters. The van der Waals surface area contributed by atoms with Crippen molar-refractivity contribution in [1.29, 1.82) is 0 Å². The number of carbonyl (C=O) groups excluding carboxylic acids is 1. The van der Waals surface area contributed by atoms with E-state index in [1.165, 1.54) is 0 Å². The van der Waals surface area contributed by atoms with Crippen molar-refractivity contribution >= 4 is 5.91 Å². The maximum absolute atomic E-state index is 12.0. The van der Waals surface area contributed by atoms with Gasteiger partial charge in [0.25, 0.3) is 0 Å². The Labute approximate surface area is 103 Å². The lowest BCUT2D eigenvalue weighted by Crippen LogP contribution is -2.49. The predicted molar refractivity (Wildman–Crippen MR) is 68.5 cm³/mol. The highest BCUT2D eigenvalue weighted by Crippen LogP contribution is 2.18. The molecule has 1 fully saturated rings. The summed E-state index contributed by atoms with van der Waals surface area (Å²) in [5.74, 6) is 0.758. The van der Waals surface area contributed by atoms with E-state index in [1.807, 2.05) is 44.2 Å². The third-order valence-electron chi connectivity index (χ3n) is 3.59. The maximum atomic E-state index is 12.0. The molecular formula is C14H20N2O. The number of amides is 1. The second kappa shape index (κ2) is 5.32. The van der Waals surface area contributed by atoms with Crippen molar-refractivity contribution < 1.29 is 4.79 Å². The SMILES string of the molecule is CC(C(=O)N[C@@H](C)c1ccccc1)C1CNC1. The fraction of sp³-hybridized carbons (Fsp3) is 0.500. The Morgan fingerprint density at radius 1 is 1.29 bits per heavy atom. The molecule has 0 spiro atoms. The van der Waals surface area contributed by atoms with Gasteiger partial charge in [0.05, 0.1) is 6.04 Å². The van der Waals surface area contributed by atoms with E-state index in [-0.39, 0.29) is 17.9 Å². The van der Waals surface area contributed by atoms with Gasteiger partial charge in [-0.25, -0.2) is 0 Å². The highest BCUT2D eigenvalue weighted by molar-refractivity contribution is 5.79. The van der Waals surface area contributed by atoms with E-state index in [2.05, 4.69) is 10.6 Å².